The minimum Gasteiger partial charge on any atom is -0.440 e. The van der Waals surface area contributed by atoms with Crippen molar-refractivity contribution in [1.82, 2.24) is 4.98 Å². The number of hydrogen-bond acceptors (Lipinski definition) is 3. The van der Waals surface area contributed by atoms with Crippen LogP contribution in [0.25, 0.3) is 11.1 Å². The number of rotatable bonds is 4. The zero-order chi connectivity index (χ0) is 11.5. The highest BCUT2D eigenvalue weighted by molar-refractivity contribution is 9.10. The predicted molar refractivity (Wildman–Crippen MR) is 68.5 cm³/mol. The third kappa shape index (κ3) is 2.28. The molecule has 0 fully saturated rings. The van der Waals surface area contributed by atoms with Gasteiger partial charge < -0.3 is 10.2 Å². The summed E-state index contributed by atoms with van der Waals surface area (Å²) in [6.07, 6.45) is 2.67. The van der Waals surface area contributed by atoms with Gasteiger partial charge in [-0.15, -0.1) is 0 Å². The van der Waals surface area contributed by atoms with Gasteiger partial charge in [0.05, 0.1) is 0 Å². The second-order valence-electron chi connectivity index (χ2n) is 3.77. The highest BCUT2D eigenvalue weighted by atomic mass is 79.9. The van der Waals surface area contributed by atoms with E-state index in [1.807, 2.05) is 6.07 Å². The molecular weight excluding hydrogens is 268 g/mol. The Morgan fingerprint density at radius 2 is 2.25 bits per heavy atom. The summed E-state index contributed by atoms with van der Waals surface area (Å²) < 4.78 is 6.81. The topological polar surface area (TPSA) is 52.0 Å². The van der Waals surface area contributed by atoms with Crippen molar-refractivity contribution in [3.8, 4) is 0 Å². The number of oxazole rings is 1. The lowest BCUT2D eigenvalue weighted by Crippen LogP contribution is -2.00. The normalized spacial score (nSPS) is 11.2. The van der Waals surface area contributed by atoms with Gasteiger partial charge in [-0.25, -0.2) is 4.98 Å². The Balaban J connectivity index is 2.43. The van der Waals surface area contributed by atoms with E-state index in [1.54, 1.807) is 0 Å². The molecule has 1 aromatic heterocycles. The second kappa shape index (κ2) is 4.97. The summed E-state index contributed by atoms with van der Waals surface area (Å²) in [5.74, 6) is 0.785. The second-order valence-corrected chi connectivity index (χ2v) is 4.68. The van der Waals surface area contributed by atoms with Crippen LogP contribution in [0.4, 0.5) is 0 Å². The van der Waals surface area contributed by atoms with Crippen LogP contribution < -0.4 is 5.73 Å². The number of halogens is 1. The molecule has 2 N–H and O–H groups in total. The van der Waals surface area contributed by atoms with E-state index in [1.165, 1.54) is 5.56 Å². The Morgan fingerprint density at radius 3 is 2.94 bits per heavy atom. The quantitative estimate of drug-likeness (QED) is 0.938. The molecule has 1 aromatic carbocycles. The zero-order valence-corrected chi connectivity index (χ0v) is 10.9. The molecule has 0 aliphatic rings. The molecule has 0 radical (unpaired) electrons. The predicted octanol–water partition coefficient (Wildman–Crippen LogP) is 3.04. The van der Waals surface area contributed by atoms with E-state index in [9.17, 15) is 0 Å². The summed E-state index contributed by atoms with van der Waals surface area (Å²) in [5.41, 5.74) is 8.51. The highest BCUT2D eigenvalue weighted by Gasteiger charge is 2.10. The minimum atomic E-state index is 0.670. The molecule has 3 nitrogen and oxygen atoms in total. The van der Waals surface area contributed by atoms with E-state index >= 15 is 0 Å². The summed E-state index contributed by atoms with van der Waals surface area (Å²) in [6.45, 7) is 2.78. The van der Waals surface area contributed by atoms with Crippen molar-refractivity contribution in [3.05, 3.63) is 28.1 Å². The van der Waals surface area contributed by atoms with Crippen LogP contribution in [0.3, 0.4) is 0 Å². The van der Waals surface area contributed by atoms with Gasteiger partial charge in [-0.1, -0.05) is 22.9 Å². The molecule has 2 aromatic rings. The molecule has 0 saturated heterocycles. The van der Waals surface area contributed by atoms with Gasteiger partial charge >= 0.3 is 0 Å². The summed E-state index contributed by atoms with van der Waals surface area (Å²) >= 11 is 3.48. The summed E-state index contributed by atoms with van der Waals surface area (Å²) in [5, 5.41) is 0. The molecule has 0 spiro atoms. The summed E-state index contributed by atoms with van der Waals surface area (Å²) in [6, 6.07) is 4.07. The van der Waals surface area contributed by atoms with Crippen molar-refractivity contribution < 1.29 is 4.42 Å². The molecule has 0 amide bonds. The van der Waals surface area contributed by atoms with E-state index < -0.39 is 0 Å². The fraction of sp³-hybridized carbons (Fsp3) is 0.417. The fourth-order valence-corrected chi connectivity index (χ4v) is 2.23. The van der Waals surface area contributed by atoms with E-state index in [0.29, 0.717) is 6.54 Å². The van der Waals surface area contributed by atoms with Crippen molar-refractivity contribution in [3.63, 3.8) is 0 Å². The third-order valence-corrected chi connectivity index (χ3v) is 3.01. The van der Waals surface area contributed by atoms with Crippen molar-refractivity contribution >= 4 is 27.0 Å². The van der Waals surface area contributed by atoms with Crippen LogP contribution in [0, 0.1) is 0 Å². The zero-order valence-electron chi connectivity index (χ0n) is 9.29. The first-order valence-corrected chi connectivity index (χ1v) is 6.31. The lowest BCUT2D eigenvalue weighted by molar-refractivity contribution is 0.519. The largest absolute Gasteiger partial charge is 0.440 e. The molecule has 4 heteroatoms. The van der Waals surface area contributed by atoms with Crippen molar-refractivity contribution in [2.24, 2.45) is 5.73 Å². The van der Waals surface area contributed by atoms with Gasteiger partial charge in [0.15, 0.2) is 11.5 Å². The van der Waals surface area contributed by atoms with E-state index in [4.69, 9.17) is 10.2 Å². The van der Waals surface area contributed by atoms with Crippen LogP contribution in [-0.4, -0.2) is 11.5 Å². The third-order valence-electron chi connectivity index (χ3n) is 2.55. The van der Waals surface area contributed by atoms with Gasteiger partial charge in [-0.05, 0) is 37.1 Å². The number of nitrogens with two attached hydrogens (primary N) is 1. The average molecular weight is 283 g/mol. The van der Waals surface area contributed by atoms with Crippen LogP contribution in [0.5, 0.6) is 0 Å². The standard InChI is InChI=1S/C12H15BrN2O/c1-2-8-6-9(13)7-10-12(8)16-11(15-10)4-3-5-14/h6-7H,2-5,14H2,1H3. The van der Waals surface area contributed by atoms with Gasteiger partial charge in [0.1, 0.15) is 5.52 Å². The Morgan fingerprint density at radius 1 is 1.44 bits per heavy atom. The Bertz CT molecular complexity index is 493. The van der Waals surface area contributed by atoms with E-state index in [2.05, 4.69) is 33.9 Å². The molecule has 2 rings (SSSR count). The number of nitrogens with zero attached hydrogens (tertiary/aromatic N) is 1. The lowest BCUT2D eigenvalue weighted by Gasteiger charge is -1.97. The smallest absolute Gasteiger partial charge is 0.195 e. The molecule has 0 unspecified atom stereocenters. The van der Waals surface area contributed by atoms with Crippen LogP contribution in [0.1, 0.15) is 24.8 Å². The van der Waals surface area contributed by atoms with Crippen LogP contribution >= 0.6 is 15.9 Å². The Labute approximate surface area is 103 Å². The average Bonchev–Trinajstić information content (AvgIpc) is 2.67. The first-order valence-electron chi connectivity index (χ1n) is 5.52. The van der Waals surface area contributed by atoms with Crippen molar-refractivity contribution in [2.75, 3.05) is 6.54 Å². The maximum atomic E-state index is 5.76. The SMILES string of the molecule is CCc1cc(Br)cc2nc(CCCN)oc12. The van der Waals surface area contributed by atoms with Crippen molar-refractivity contribution in [2.45, 2.75) is 26.2 Å². The number of aryl methyl sites for hydroxylation is 2. The number of fused-ring (bicyclic) bond motifs is 1. The Kier molecular flexibility index (Phi) is 3.61. The van der Waals surface area contributed by atoms with Crippen LogP contribution in [-0.2, 0) is 12.8 Å². The molecule has 16 heavy (non-hydrogen) atoms. The minimum absolute atomic E-state index is 0.670. The van der Waals surface area contributed by atoms with Gasteiger partial charge in [0.25, 0.3) is 0 Å². The van der Waals surface area contributed by atoms with Crippen LogP contribution in [0.15, 0.2) is 21.0 Å². The van der Waals surface area contributed by atoms with Crippen LogP contribution in [0.2, 0.25) is 0 Å². The van der Waals surface area contributed by atoms with Crippen molar-refractivity contribution in [1.29, 1.82) is 0 Å². The molecule has 0 atom stereocenters. The maximum absolute atomic E-state index is 5.76. The first kappa shape index (κ1) is 11.6. The van der Waals surface area contributed by atoms with Gasteiger partial charge in [-0.2, -0.15) is 0 Å². The van der Waals surface area contributed by atoms with E-state index in [0.717, 1.165) is 40.7 Å². The monoisotopic (exact) mass is 282 g/mol. The molecule has 0 aliphatic heterocycles. The lowest BCUT2D eigenvalue weighted by atomic mass is 10.1. The van der Waals surface area contributed by atoms with Gasteiger partial charge in [0, 0.05) is 10.9 Å². The molecule has 0 bridgehead atoms. The van der Waals surface area contributed by atoms with Gasteiger partial charge in [0.2, 0.25) is 0 Å². The summed E-state index contributed by atoms with van der Waals surface area (Å²) in [4.78, 5) is 4.47. The molecular formula is C12H15BrN2O. The Hall–Kier alpha value is -0.870. The molecule has 1 heterocycles. The number of hydrogen-bond donors (Lipinski definition) is 1. The molecule has 0 aliphatic carbocycles. The maximum Gasteiger partial charge on any atom is 0.195 e. The fourth-order valence-electron chi connectivity index (χ4n) is 1.73. The molecule has 0 saturated carbocycles. The number of benzene rings is 1. The first-order chi connectivity index (χ1) is 7.74. The number of aromatic nitrogens is 1. The van der Waals surface area contributed by atoms with Gasteiger partial charge in [-0.3, -0.25) is 0 Å². The van der Waals surface area contributed by atoms with E-state index in [-0.39, 0.29) is 0 Å². The highest BCUT2D eigenvalue weighted by Crippen LogP contribution is 2.25. The summed E-state index contributed by atoms with van der Waals surface area (Å²) in [7, 11) is 0. The molecule has 86 valence electrons.